The maximum atomic E-state index is 6.05. The van der Waals surface area contributed by atoms with E-state index < -0.39 is 0 Å². The number of hydrogen-bond acceptors (Lipinski definition) is 4. The molecule has 4 nitrogen and oxygen atoms in total. The third-order valence-electron chi connectivity index (χ3n) is 3.52. The van der Waals surface area contributed by atoms with E-state index >= 15 is 0 Å². The summed E-state index contributed by atoms with van der Waals surface area (Å²) in [6.07, 6.45) is 2.21. The van der Waals surface area contributed by atoms with Gasteiger partial charge in [-0.2, -0.15) is 0 Å². The Morgan fingerprint density at radius 2 is 2.22 bits per heavy atom. The van der Waals surface area contributed by atoms with Crippen LogP contribution in [0.1, 0.15) is 19.8 Å². The first-order chi connectivity index (χ1) is 8.61. The minimum absolute atomic E-state index is 0.450. The molecule has 0 bridgehead atoms. The van der Waals surface area contributed by atoms with Gasteiger partial charge in [0, 0.05) is 19.1 Å². The molecule has 0 spiro atoms. The third-order valence-corrected chi connectivity index (χ3v) is 3.73. The molecule has 1 aliphatic rings. The fraction of sp³-hybridized carbons (Fsp3) is 0.615. The Labute approximate surface area is 114 Å². The van der Waals surface area contributed by atoms with Crippen LogP contribution in [-0.4, -0.2) is 42.6 Å². The molecule has 1 saturated heterocycles. The largest absolute Gasteiger partial charge is 0.396 e. The summed E-state index contributed by atoms with van der Waals surface area (Å²) in [6.45, 7) is 5.36. The zero-order valence-corrected chi connectivity index (χ0v) is 11.8. The lowest BCUT2D eigenvalue weighted by atomic mass is 10.1. The minimum Gasteiger partial charge on any atom is -0.396 e. The molecule has 2 heterocycles. The molecule has 0 radical (unpaired) electrons. The third kappa shape index (κ3) is 2.87. The highest BCUT2D eigenvalue weighted by Crippen LogP contribution is 2.27. The molecule has 0 saturated carbocycles. The fourth-order valence-electron chi connectivity index (χ4n) is 2.54. The molecule has 100 valence electrons. The number of rotatable bonds is 2. The van der Waals surface area contributed by atoms with Crippen molar-refractivity contribution < 1.29 is 0 Å². The van der Waals surface area contributed by atoms with Crippen molar-refractivity contribution in [3.8, 4) is 0 Å². The lowest BCUT2D eigenvalue weighted by Gasteiger charge is -2.32. The first-order valence-electron chi connectivity index (χ1n) is 6.49. The van der Waals surface area contributed by atoms with Crippen molar-refractivity contribution in [2.75, 3.05) is 37.3 Å². The molecule has 18 heavy (non-hydrogen) atoms. The monoisotopic (exact) mass is 268 g/mol. The molecular weight excluding hydrogens is 248 g/mol. The lowest BCUT2D eigenvalue weighted by Crippen LogP contribution is -2.40. The van der Waals surface area contributed by atoms with E-state index in [1.165, 1.54) is 0 Å². The highest BCUT2D eigenvalue weighted by atomic mass is 35.5. The summed E-state index contributed by atoms with van der Waals surface area (Å²) < 4.78 is 0. The Balaban J connectivity index is 2.31. The van der Waals surface area contributed by atoms with Crippen LogP contribution in [0, 0.1) is 0 Å². The minimum atomic E-state index is 0.450. The van der Waals surface area contributed by atoms with Crippen molar-refractivity contribution in [3.05, 3.63) is 17.3 Å². The van der Waals surface area contributed by atoms with Crippen LogP contribution in [-0.2, 0) is 0 Å². The van der Waals surface area contributed by atoms with Crippen LogP contribution < -0.4 is 10.6 Å². The van der Waals surface area contributed by atoms with Crippen molar-refractivity contribution in [2.24, 2.45) is 0 Å². The van der Waals surface area contributed by atoms with Crippen molar-refractivity contribution in [2.45, 2.75) is 25.8 Å². The van der Waals surface area contributed by atoms with Crippen LogP contribution in [0.15, 0.2) is 12.1 Å². The molecular formula is C13H21ClN4. The van der Waals surface area contributed by atoms with E-state index in [2.05, 4.69) is 28.8 Å². The number of likely N-dealkylation sites (N-methyl/N-ethyl adjacent to an activating group) is 1. The highest BCUT2D eigenvalue weighted by molar-refractivity contribution is 6.29. The Morgan fingerprint density at radius 3 is 2.94 bits per heavy atom. The van der Waals surface area contributed by atoms with Gasteiger partial charge in [0.2, 0.25) is 0 Å². The average molecular weight is 269 g/mol. The van der Waals surface area contributed by atoms with E-state index in [0.29, 0.717) is 16.9 Å². The lowest BCUT2D eigenvalue weighted by molar-refractivity contribution is 0.328. The molecule has 0 aliphatic carbocycles. The quantitative estimate of drug-likeness (QED) is 0.836. The van der Waals surface area contributed by atoms with Gasteiger partial charge in [-0.3, -0.25) is 0 Å². The van der Waals surface area contributed by atoms with Gasteiger partial charge in [-0.1, -0.05) is 18.5 Å². The van der Waals surface area contributed by atoms with E-state index in [0.717, 1.165) is 38.3 Å². The van der Waals surface area contributed by atoms with E-state index in [4.69, 9.17) is 17.3 Å². The maximum Gasteiger partial charge on any atom is 0.153 e. The van der Waals surface area contributed by atoms with Crippen LogP contribution in [0.25, 0.3) is 0 Å². The van der Waals surface area contributed by atoms with Gasteiger partial charge in [0.15, 0.2) is 5.82 Å². The number of hydrogen-bond donors (Lipinski definition) is 1. The molecule has 1 aliphatic heterocycles. The van der Waals surface area contributed by atoms with Crippen molar-refractivity contribution in [3.63, 3.8) is 0 Å². The second-order valence-corrected chi connectivity index (χ2v) is 5.31. The molecule has 0 amide bonds. The van der Waals surface area contributed by atoms with Crippen LogP contribution in [0.5, 0.6) is 0 Å². The van der Waals surface area contributed by atoms with Crippen LogP contribution >= 0.6 is 11.6 Å². The number of anilines is 2. The van der Waals surface area contributed by atoms with E-state index in [-0.39, 0.29) is 0 Å². The smallest absolute Gasteiger partial charge is 0.153 e. The summed E-state index contributed by atoms with van der Waals surface area (Å²) in [5, 5.41) is 0.506. The zero-order chi connectivity index (χ0) is 13.1. The molecule has 1 aromatic rings. The van der Waals surface area contributed by atoms with Crippen LogP contribution in [0.3, 0.4) is 0 Å². The Hall–Kier alpha value is -1.00. The molecule has 2 N–H and O–H groups in total. The molecule has 1 atom stereocenters. The molecule has 1 fully saturated rings. The maximum absolute atomic E-state index is 6.05. The molecule has 5 heteroatoms. The van der Waals surface area contributed by atoms with Gasteiger partial charge >= 0.3 is 0 Å². The van der Waals surface area contributed by atoms with Gasteiger partial charge in [-0.05, 0) is 38.6 Å². The molecule has 1 unspecified atom stereocenters. The standard InChI is InChI=1S/C13H21ClN4/c1-3-10-9-17(2)7-4-8-18(10)13-11(15)5-6-12(14)16-13/h5-6,10H,3-4,7-9,15H2,1-2H3. The van der Waals surface area contributed by atoms with Gasteiger partial charge in [0.25, 0.3) is 0 Å². The molecule has 2 rings (SSSR count). The first-order valence-corrected chi connectivity index (χ1v) is 6.86. The van der Waals surface area contributed by atoms with Crippen molar-refractivity contribution in [1.29, 1.82) is 0 Å². The number of nitrogens with zero attached hydrogens (tertiary/aromatic N) is 3. The van der Waals surface area contributed by atoms with Gasteiger partial charge < -0.3 is 15.5 Å². The molecule has 0 aromatic carbocycles. The summed E-state index contributed by atoms with van der Waals surface area (Å²) in [7, 11) is 2.17. The predicted molar refractivity (Wildman–Crippen MR) is 77.2 cm³/mol. The topological polar surface area (TPSA) is 45.4 Å². The predicted octanol–water partition coefficient (Wildman–Crippen LogP) is 2.24. The number of aromatic nitrogens is 1. The first kappa shape index (κ1) is 13.4. The highest BCUT2D eigenvalue weighted by Gasteiger charge is 2.24. The van der Waals surface area contributed by atoms with Crippen molar-refractivity contribution >= 4 is 23.1 Å². The summed E-state index contributed by atoms with van der Waals surface area (Å²) in [4.78, 5) is 9.09. The molecule has 1 aromatic heterocycles. The number of halogens is 1. The second-order valence-electron chi connectivity index (χ2n) is 4.92. The number of nitrogens with two attached hydrogens (primary N) is 1. The Kier molecular flexibility index (Phi) is 4.30. The van der Waals surface area contributed by atoms with Gasteiger partial charge in [-0.25, -0.2) is 4.98 Å². The Morgan fingerprint density at radius 1 is 1.44 bits per heavy atom. The van der Waals surface area contributed by atoms with E-state index in [1.54, 1.807) is 6.07 Å². The van der Waals surface area contributed by atoms with E-state index in [9.17, 15) is 0 Å². The van der Waals surface area contributed by atoms with Gasteiger partial charge in [-0.15, -0.1) is 0 Å². The van der Waals surface area contributed by atoms with Crippen LogP contribution in [0.2, 0.25) is 5.15 Å². The zero-order valence-electron chi connectivity index (χ0n) is 11.1. The number of nitrogen functional groups attached to an aromatic ring is 1. The Bertz CT molecular complexity index is 410. The summed E-state index contributed by atoms with van der Waals surface area (Å²) in [5.41, 5.74) is 6.76. The normalized spacial score (nSPS) is 21.9. The van der Waals surface area contributed by atoms with Crippen LogP contribution in [0.4, 0.5) is 11.5 Å². The van der Waals surface area contributed by atoms with E-state index in [1.807, 2.05) is 6.07 Å². The average Bonchev–Trinajstić information content (AvgIpc) is 2.53. The van der Waals surface area contributed by atoms with Crippen molar-refractivity contribution in [1.82, 2.24) is 9.88 Å². The second kappa shape index (κ2) is 5.76. The van der Waals surface area contributed by atoms with Gasteiger partial charge in [0.1, 0.15) is 5.15 Å². The summed E-state index contributed by atoms with van der Waals surface area (Å²) >= 11 is 5.99. The SMILES string of the molecule is CCC1CN(C)CCCN1c1nc(Cl)ccc1N. The fourth-order valence-corrected chi connectivity index (χ4v) is 2.68. The van der Waals surface area contributed by atoms with Gasteiger partial charge in [0.05, 0.1) is 5.69 Å². The number of pyridine rings is 1. The summed E-state index contributed by atoms with van der Waals surface area (Å²) in [5.74, 6) is 0.838. The summed E-state index contributed by atoms with van der Waals surface area (Å²) in [6, 6.07) is 4.03.